The van der Waals surface area contributed by atoms with E-state index in [1.54, 1.807) is 7.05 Å². The summed E-state index contributed by atoms with van der Waals surface area (Å²) in [5.74, 6) is 0.0400. The Morgan fingerprint density at radius 3 is 2.55 bits per heavy atom. The van der Waals surface area contributed by atoms with E-state index in [0.29, 0.717) is 30.2 Å². The Labute approximate surface area is 181 Å². The van der Waals surface area contributed by atoms with Gasteiger partial charge in [-0.3, -0.25) is 13.9 Å². The first-order valence-electron chi connectivity index (χ1n) is 9.84. The Kier molecular flexibility index (Phi) is 4.48. The number of hydrogen-bond acceptors (Lipinski definition) is 4. The summed E-state index contributed by atoms with van der Waals surface area (Å²) in [5, 5.41) is 0.165. The second kappa shape index (κ2) is 7.09. The zero-order valence-electron chi connectivity index (χ0n) is 17.0. The highest BCUT2D eigenvalue weighted by molar-refractivity contribution is 6.31. The molecule has 2 aromatic heterocycles. The van der Waals surface area contributed by atoms with Crippen LogP contribution in [0.15, 0.2) is 52.1 Å². The standard InChI is InChI=1S/C22H19ClFN5O2/c1-13-6-8-14(9-7-13)27-10-11-28-18-19(25-21(27)28)26(2)22(31)29(20(18)30)12-15-16(23)4-3-5-17(15)24/h3-9H,10-12H2,1-2H3. The Morgan fingerprint density at radius 2 is 1.84 bits per heavy atom. The third kappa shape index (κ3) is 2.97. The van der Waals surface area contributed by atoms with Gasteiger partial charge in [0.05, 0.1) is 6.54 Å². The lowest BCUT2D eigenvalue weighted by atomic mass is 10.2. The van der Waals surface area contributed by atoms with Gasteiger partial charge in [0, 0.05) is 36.4 Å². The number of aromatic nitrogens is 4. The summed E-state index contributed by atoms with van der Waals surface area (Å²) in [6.45, 7) is 2.97. The minimum absolute atomic E-state index is 0.102. The van der Waals surface area contributed by atoms with Crippen molar-refractivity contribution < 1.29 is 4.39 Å². The molecule has 3 heterocycles. The molecule has 0 bridgehead atoms. The Balaban J connectivity index is 1.69. The van der Waals surface area contributed by atoms with Crippen molar-refractivity contribution in [3.63, 3.8) is 0 Å². The number of nitrogens with zero attached hydrogens (tertiary/aromatic N) is 5. The molecule has 5 rings (SSSR count). The van der Waals surface area contributed by atoms with Gasteiger partial charge in [-0.1, -0.05) is 35.4 Å². The fourth-order valence-corrected chi connectivity index (χ4v) is 4.25. The van der Waals surface area contributed by atoms with E-state index in [-0.39, 0.29) is 17.1 Å². The highest BCUT2D eigenvalue weighted by Crippen LogP contribution is 2.31. The number of fused-ring (bicyclic) bond motifs is 3. The van der Waals surface area contributed by atoms with E-state index in [9.17, 15) is 14.0 Å². The van der Waals surface area contributed by atoms with E-state index < -0.39 is 17.1 Å². The molecule has 0 amide bonds. The first kappa shape index (κ1) is 19.6. The molecule has 0 N–H and O–H groups in total. The smallest absolute Gasteiger partial charge is 0.310 e. The number of hydrogen-bond donors (Lipinski definition) is 0. The Hall–Kier alpha value is -3.39. The van der Waals surface area contributed by atoms with Gasteiger partial charge in [-0.25, -0.2) is 9.18 Å². The minimum Gasteiger partial charge on any atom is -0.310 e. The minimum atomic E-state index is -0.574. The Bertz CT molecular complexity index is 1430. The molecule has 7 nitrogen and oxygen atoms in total. The summed E-state index contributed by atoms with van der Waals surface area (Å²) in [6, 6.07) is 12.3. The summed E-state index contributed by atoms with van der Waals surface area (Å²) in [5.41, 5.74) is 1.75. The van der Waals surface area contributed by atoms with Crippen molar-refractivity contribution in [3.05, 3.63) is 85.3 Å². The molecule has 0 atom stereocenters. The van der Waals surface area contributed by atoms with Crippen molar-refractivity contribution >= 4 is 34.4 Å². The average Bonchev–Trinajstić information content (AvgIpc) is 3.31. The van der Waals surface area contributed by atoms with Gasteiger partial charge in [0.15, 0.2) is 11.2 Å². The van der Waals surface area contributed by atoms with Crippen LogP contribution < -0.4 is 16.1 Å². The molecule has 1 aliphatic heterocycles. The van der Waals surface area contributed by atoms with Gasteiger partial charge in [0.2, 0.25) is 5.95 Å². The van der Waals surface area contributed by atoms with Crippen LogP contribution >= 0.6 is 11.6 Å². The summed E-state index contributed by atoms with van der Waals surface area (Å²) >= 11 is 6.12. The van der Waals surface area contributed by atoms with Gasteiger partial charge in [0.25, 0.3) is 5.56 Å². The van der Waals surface area contributed by atoms with Gasteiger partial charge in [-0.2, -0.15) is 4.98 Å². The lowest BCUT2D eigenvalue weighted by Gasteiger charge is -2.16. The molecule has 0 saturated carbocycles. The number of anilines is 2. The zero-order chi connectivity index (χ0) is 21.9. The fraction of sp³-hybridized carbons (Fsp3) is 0.227. The third-order valence-corrected chi connectivity index (χ3v) is 6.08. The fourth-order valence-electron chi connectivity index (χ4n) is 4.03. The van der Waals surface area contributed by atoms with Crippen LogP contribution in [0.5, 0.6) is 0 Å². The lowest BCUT2D eigenvalue weighted by molar-refractivity contribution is 0.582. The van der Waals surface area contributed by atoms with Crippen LogP contribution in [0.1, 0.15) is 11.1 Å². The molecular weight excluding hydrogens is 421 g/mol. The van der Waals surface area contributed by atoms with Crippen LogP contribution in [0.25, 0.3) is 11.2 Å². The molecule has 31 heavy (non-hydrogen) atoms. The molecule has 9 heteroatoms. The van der Waals surface area contributed by atoms with E-state index in [4.69, 9.17) is 11.6 Å². The monoisotopic (exact) mass is 439 g/mol. The zero-order valence-corrected chi connectivity index (χ0v) is 17.7. The van der Waals surface area contributed by atoms with E-state index >= 15 is 0 Å². The number of imidazole rings is 1. The maximum atomic E-state index is 14.3. The van der Waals surface area contributed by atoms with Crippen molar-refractivity contribution in [2.45, 2.75) is 20.0 Å². The van der Waals surface area contributed by atoms with Crippen LogP contribution in [0, 0.1) is 12.7 Å². The molecule has 1 aliphatic rings. The first-order chi connectivity index (χ1) is 14.9. The van der Waals surface area contributed by atoms with Crippen LogP contribution in [-0.4, -0.2) is 25.2 Å². The van der Waals surface area contributed by atoms with E-state index in [0.717, 1.165) is 15.8 Å². The molecule has 0 radical (unpaired) electrons. The van der Waals surface area contributed by atoms with Crippen molar-refractivity contribution in [3.8, 4) is 0 Å². The maximum Gasteiger partial charge on any atom is 0.332 e. The summed E-state index contributed by atoms with van der Waals surface area (Å²) in [4.78, 5) is 32.9. The van der Waals surface area contributed by atoms with Crippen molar-refractivity contribution in [2.24, 2.45) is 7.05 Å². The second-order valence-corrected chi connectivity index (χ2v) is 8.06. The van der Waals surface area contributed by atoms with Crippen LogP contribution in [0.4, 0.5) is 16.0 Å². The van der Waals surface area contributed by atoms with E-state index in [1.165, 1.54) is 22.8 Å². The van der Waals surface area contributed by atoms with Gasteiger partial charge in [-0.05, 0) is 31.2 Å². The van der Waals surface area contributed by atoms with E-state index in [2.05, 4.69) is 4.98 Å². The van der Waals surface area contributed by atoms with Crippen LogP contribution in [0.2, 0.25) is 5.02 Å². The summed E-state index contributed by atoms with van der Waals surface area (Å²) in [7, 11) is 1.56. The number of aryl methyl sites for hydroxylation is 2. The number of benzene rings is 2. The van der Waals surface area contributed by atoms with Crippen molar-refractivity contribution in [1.82, 2.24) is 18.7 Å². The molecule has 4 aromatic rings. The topological polar surface area (TPSA) is 65.1 Å². The molecule has 0 unspecified atom stereocenters. The Morgan fingerprint density at radius 1 is 1.10 bits per heavy atom. The molecule has 0 spiro atoms. The molecule has 158 valence electrons. The molecule has 0 fully saturated rings. The SMILES string of the molecule is Cc1ccc(N2CCn3c2nc2c3c(=O)n(Cc3c(F)cccc3Cl)c(=O)n2C)cc1. The molecule has 2 aromatic carbocycles. The second-order valence-electron chi connectivity index (χ2n) is 7.66. The largest absolute Gasteiger partial charge is 0.332 e. The average molecular weight is 440 g/mol. The number of rotatable bonds is 3. The highest BCUT2D eigenvalue weighted by Gasteiger charge is 2.29. The first-order valence-corrected chi connectivity index (χ1v) is 10.2. The van der Waals surface area contributed by atoms with Crippen molar-refractivity contribution in [2.75, 3.05) is 11.4 Å². The highest BCUT2D eigenvalue weighted by atomic mass is 35.5. The van der Waals surface area contributed by atoms with Gasteiger partial charge < -0.3 is 9.47 Å². The quantitative estimate of drug-likeness (QED) is 0.491. The van der Waals surface area contributed by atoms with Crippen molar-refractivity contribution in [1.29, 1.82) is 0 Å². The maximum absolute atomic E-state index is 14.3. The van der Waals surface area contributed by atoms with Gasteiger partial charge in [-0.15, -0.1) is 0 Å². The predicted molar refractivity (Wildman–Crippen MR) is 118 cm³/mol. The summed E-state index contributed by atoms with van der Waals surface area (Å²) < 4.78 is 18.5. The summed E-state index contributed by atoms with van der Waals surface area (Å²) in [6.07, 6.45) is 0. The normalized spacial score (nSPS) is 13.2. The number of halogens is 2. The van der Waals surface area contributed by atoms with Gasteiger partial charge >= 0.3 is 5.69 Å². The third-order valence-electron chi connectivity index (χ3n) is 5.72. The molecule has 0 aliphatic carbocycles. The molecule has 0 saturated heterocycles. The van der Waals surface area contributed by atoms with Crippen LogP contribution in [0.3, 0.4) is 0 Å². The van der Waals surface area contributed by atoms with Gasteiger partial charge in [0.1, 0.15) is 5.82 Å². The molecular formula is C22H19ClFN5O2. The van der Waals surface area contributed by atoms with E-state index in [1.807, 2.05) is 40.7 Å². The van der Waals surface area contributed by atoms with Crippen LogP contribution in [-0.2, 0) is 20.1 Å². The predicted octanol–water partition coefficient (Wildman–Crippen LogP) is 3.20. The lowest BCUT2D eigenvalue weighted by Crippen LogP contribution is -2.40.